The van der Waals surface area contributed by atoms with Crippen molar-refractivity contribution in [3.05, 3.63) is 79.9 Å². The first-order chi connectivity index (χ1) is 17.1. The van der Waals surface area contributed by atoms with Gasteiger partial charge in [0.25, 0.3) is 0 Å². The summed E-state index contributed by atoms with van der Waals surface area (Å²) in [6, 6.07) is 22.8. The molecule has 190 valence electrons. The summed E-state index contributed by atoms with van der Waals surface area (Å²) in [6.45, 7) is 5.16. The summed E-state index contributed by atoms with van der Waals surface area (Å²) < 4.78 is 22.4. The van der Waals surface area contributed by atoms with E-state index in [1.54, 1.807) is 0 Å². The van der Waals surface area contributed by atoms with E-state index in [1.807, 2.05) is 72.8 Å². The number of hydrogen-bond donors (Lipinski definition) is 0. The van der Waals surface area contributed by atoms with Crippen LogP contribution >= 0.6 is 41.3 Å². The molecule has 0 spiro atoms. The average Bonchev–Trinajstić information content (AvgIpc) is 2.82. The van der Waals surface area contributed by atoms with Gasteiger partial charge in [0.1, 0.15) is 0 Å². The van der Waals surface area contributed by atoms with Gasteiger partial charge in [-0.2, -0.15) is 0 Å². The predicted octanol–water partition coefficient (Wildman–Crippen LogP) is 6.29. The molecule has 0 aliphatic heterocycles. The molecular weight excluding hydrogens is 694 g/mol. The van der Waals surface area contributed by atoms with E-state index in [4.69, 9.17) is 12.3 Å². The minimum atomic E-state index is -2.85. The third kappa shape index (κ3) is 8.01. The van der Waals surface area contributed by atoms with Crippen LogP contribution in [0.2, 0.25) is 0 Å². The Morgan fingerprint density at radius 1 is 0.417 bits per heavy atom. The first-order valence-corrected chi connectivity index (χ1v) is 16.3. The first-order valence-electron chi connectivity index (χ1n) is 10.6. The van der Waals surface area contributed by atoms with Crippen LogP contribution in [-0.2, 0) is 31.4 Å². The standard InChI is InChI=1S/C26H24I2O8/c1-17(29)33-27(34-18(2)30)25-13-9-23(10-14-25)21-5-7-22(8-6-21)24-11-15-26(16-12-24)28(35-19(3)31)36-20(4)32/h5-16H,1-4H3. The first kappa shape index (κ1) is 27.6. The van der Waals surface area contributed by atoms with Crippen molar-refractivity contribution in [3.8, 4) is 22.3 Å². The monoisotopic (exact) mass is 718 g/mol. The summed E-state index contributed by atoms with van der Waals surface area (Å²) in [6.07, 6.45) is 0. The quantitative estimate of drug-likeness (QED) is 0.251. The van der Waals surface area contributed by atoms with Crippen LogP contribution in [0.15, 0.2) is 72.8 Å². The summed E-state index contributed by atoms with van der Waals surface area (Å²) in [5.74, 6) is -1.93. The molecular formula is C26H24I2O8. The zero-order chi connectivity index (χ0) is 26.2. The molecule has 0 amide bonds. The van der Waals surface area contributed by atoms with Crippen LogP contribution in [-0.4, -0.2) is 23.9 Å². The summed E-state index contributed by atoms with van der Waals surface area (Å²) >= 11 is -5.70. The van der Waals surface area contributed by atoms with Crippen molar-refractivity contribution in [2.75, 3.05) is 0 Å². The third-order valence-electron chi connectivity index (χ3n) is 4.31. The van der Waals surface area contributed by atoms with Crippen molar-refractivity contribution < 1.29 is 31.4 Å². The zero-order valence-corrected chi connectivity index (χ0v) is 24.3. The number of rotatable bonds is 8. The molecule has 0 radical (unpaired) electrons. The summed E-state index contributed by atoms with van der Waals surface area (Å²) in [5, 5.41) is 0. The minimum absolute atomic E-state index is 0.481. The molecule has 0 atom stereocenters. The number of carbonyl (C=O) groups excluding carboxylic acids is 4. The van der Waals surface area contributed by atoms with Gasteiger partial charge >= 0.3 is 227 Å². The molecule has 3 aromatic rings. The van der Waals surface area contributed by atoms with Gasteiger partial charge in [0.15, 0.2) is 0 Å². The van der Waals surface area contributed by atoms with E-state index in [-0.39, 0.29) is 0 Å². The maximum atomic E-state index is 11.4. The van der Waals surface area contributed by atoms with E-state index in [0.717, 1.165) is 22.3 Å². The summed E-state index contributed by atoms with van der Waals surface area (Å²) in [5.41, 5.74) is 3.89. The molecule has 0 aliphatic rings. The van der Waals surface area contributed by atoms with Gasteiger partial charge in [-0.3, -0.25) is 0 Å². The van der Waals surface area contributed by atoms with Gasteiger partial charge < -0.3 is 0 Å². The molecule has 3 rings (SSSR count). The maximum absolute atomic E-state index is 11.4. The van der Waals surface area contributed by atoms with Crippen LogP contribution in [0.25, 0.3) is 22.3 Å². The second-order valence-electron chi connectivity index (χ2n) is 7.30. The Hall–Kier alpha value is -3.00. The average molecular weight is 718 g/mol. The molecule has 0 aromatic heterocycles. The number of halogens is 2. The molecule has 0 saturated heterocycles. The third-order valence-corrected chi connectivity index (χ3v) is 11.9. The van der Waals surface area contributed by atoms with Gasteiger partial charge in [0.2, 0.25) is 0 Å². The molecule has 8 nitrogen and oxygen atoms in total. The van der Waals surface area contributed by atoms with Gasteiger partial charge in [0.05, 0.1) is 0 Å². The van der Waals surface area contributed by atoms with Crippen LogP contribution < -0.4 is 0 Å². The van der Waals surface area contributed by atoms with Crippen LogP contribution in [0.4, 0.5) is 0 Å². The Morgan fingerprint density at radius 2 is 0.611 bits per heavy atom. The fourth-order valence-corrected chi connectivity index (χ4v) is 8.29. The van der Waals surface area contributed by atoms with Crippen molar-refractivity contribution in [1.29, 1.82) is 0 Å². The molecule has 10 heteroatoms. The van der Waals surface area contributed by atoms with E-state index < -0.39 is 65.2 Å². The Kier molecular flexibility index (Phi) is 9.81. The molecule has 36 heavy (non-hydrogen) atoms. The summed E-state index contributed by atoms with van der Waals surface area (Å²) in [4.78, 5) is 45.5. The van der Waals surface area contributed by atoms with Gasteiger partial charge in [-0.15, -0.1) is 0 Å². The molecule has 0 fully saturated rings. The number of carbonyl (C=O) groups is 4. The van der Waals surface area contributed by atoms with Crippen molar-refractivity contribution in [3.63, 3.8) is 0 Å². The van der Waals surface area contributed by atoms with E-state index in [1.165, 1.54) is 27.7 Å². The Balaban J connectivity index is 1.75. The van der Waals surface area contributed by atoms with Gasteiger partial charge in [0, 0.05) is 0 Å². The molecule has 0 unspecified atom stereocenters. The van der Waals surface area contributed by atoms with Crippen LogP contribution in [0.3, 0.4) is 0 Å². The predicted molar refractivity (Wildman–Crippen MR) is 150 cm³/mol. The molecule has 0 heterocycles. The Bertz CT molecular complexity index is 1110. The number of benzene rings is 3. The fourth-order valence-electron chi connectivity index (χ4n) is 2.95. The van der Waals surface area contributed by atoms with Gasteiger partial charge in [-0.05, 0) is 0 Å². The molecule has 0 aliphatic carbocycles. The number of hydrogen-bond acceptors (Lipinski definition) is 8. The molecule has 0 bridgehead atoms. The van der Waals surface area contributed by atoms with E-state index >= 15 is 0 Å². The fraction of sp³-hybridized carbons (Fsp3) is 0.154. The Morgan fingerprint density at radius 3 is 0.806 bits per heavy atom. The van der Waals surface area contributed by atoms with Crippen LogP contribution in [0.1, 0.15) is 27.7 Å². The van der Waals surface area contributed by atoms with Crippen molar-refractivity contribution in [2.45, 2.75) is 27.7 Å². The van der Waals surface area contributed by atoms with Gasteiger partial charge in [-0.1, -0.05) is 0 Å². The Labute approximate surface area is 225 Å². The normalized spacial score (nSPS) is 11.1. The van der Waals surface area contributed by atoms with E-state index in [2.05, 4.69) is 0 Å². The molecule has 3 aromatic carbocycles. The van der Waals surface area contributed by atoms with Crippen molar-refractivity contribution in [1.82, 2.24) is 0 Å². The summed E-state index contributed by atoms with van der Waals surface area (Å²) in [7, 11) is 0. The van der Waals surface area contributed by atoms with Crippen LogP contribution in [0.5, 0.6) is 0 Å². The molecule has 0 saturated carbocycles. The van der Waals surface area contributed by atoms with Gasteiger partial charge in [-0.25, -0.2) is 0 Å². The molecule has 0 N–H and O–H groups in total. The SMILES string of the molecule is CC(=O)OI(OC(C)=O)c1ccc(-c2ccc(-c3ccc(I(OC(C)=O)OC(C)=O)cc3)cc2)cc1. The van der Waals surface area contributed by atoms with Crippen molar-refractivity contribution >= 4 is 65.2 Å². The van der Waals surface area contributed by atoms with Crippen LogP contribution in [0, 0.1) is 7.14 Å². The zero-order valence-electron chi connectivity index (χ0n) is 20.0. The van der Waals surface area contributed by atoms with Crippen molar-refractivity contribution in [2.24, 2.45) is 0 Å². The second kappa shape index (κ2) is 12.8. The second-order valence-corrected chi connectivity index (χ2v) is 14.0. The van der Waals surface area contributed by atoms with E-state index in [9.17, 15) is 19.2 Å². The van der Waals surface area contributed by atoms with E-state index in [0.29, 0.717) is 7.14 Å². The topological polar surface area (TPSA) is 105 Å².